The van der Waals surface area contributed by atoms with Crippen molar-refractivity contribution >= 4 is 34.8 Å². The van der Waals surface area contributed by atoms with Crippen molar-refractivity contribution in [3.8, 4) is 11.1 Å². The van der Waals surface area contributed by atoms with Crippen LogP contribution in [-0.4, -0.2) is 5.91 Å². The third-order valence-corrected chi connectivity index (χ3v) is 4.39. The molecule has 0 fully saturated rings. The van der Waals surface area contributed by atoms with E-state index in [0.29, 0.717) is 21.8 Å². The number of nitrogens with one attached hydrogen (secondary N) is 1. The molecule has 138 valence electrons. The van der Waals surface area contributed by atoms with E-state index in [1.807, 2.05) is 0 Å². The van der Waals surface area contributed by atoms with Crippen LogP contribution in [0.5, 0.6) is 0 Å². The Labute approximate surface area is 163 Å². The molecular formula is C20H12Cl2F3NO. The van der Waals surface area contributed by atoms with Crippen LogP contribution in [-0.2, 0) is 6.18 Å². The molecule has 0 saturated carbocycles. The number of hydrogen-bond acceptors (Lipinski definition) is 1. The number of carbonyl (C=O) groups excluding carboxylic acids is 1. The summed E-state index contributed by atoms with van der Waals surface area (Å²) in [5.74, 6) is -0.413. The lowest BCUT2D eigenvalue weighted by Gasteiger charge is -2.10. The third-order valence-electron chi connectivity index (χ3n) is 3.84. The maximum atomic E-state index is 12.8. The first-order chi connectivity index (χ1) is 12.7. The maximum Gasteiger partial charge on any atom is 0.416 e. The van der Waals surface area contributed by atoms with Crippen molar-refractivity contribution in [2.24, 2.45) is 0 Å². The molecule has 0 unspecified atom stereocenters. The molecule has 2 nitrogen and oxygen atoms in total. The van der Waals surface area contributed by atoms with E-state index in [1.165, 1.54) is 18.2 Å². The molecule has 7 heteroatoms. The van der Waals surface area contributed by atoms with E-state index in [1.54, 1.807) is 36.4 Å². The standard InChI is InChI=1S/C20H12Cl2F3NO/c21-15-6-9-17(18(22)11-15)19(27)26-16-7-4-12(5-8-16)13-2-1-3-14(10-13)20(23,24)25/h1-11H,(H,26,27). The maximum absolute atomic E-state index is 12.8. The summed E-state index contributed by atoms with van der Waals surface area (Å²) < 4.78 is 38.5. The molecule has 0 radical (unpaired) electrons. The van der Waals surface area contributed by atoms with Crippen LogP contribution in [0.3, 0.4) is 0 Å². The molecule has 0 aromatic heterocycles. The lowest BCUT2D eigenvalue weighted by Crippen LogP contribution is -2.12. The molecule has 1 N–H and O–H groups in total. The van der Waals surface area contributed by atoms with Gasteiger partial charge in [0, 0.05) is 10.7 Å². The minimum absolute atomic E-state index is 0.223. The van der Waals surface area contributed by atoms with Crippen LogP contribution in [0.4, 0.5) is 18.9 Å². The molecule has 3 aromatic rings. The van der Waals surface area contributed by atoms with Crippen molar-refractivity contribution in [2.75, 3.05) is 5.32 Å². The Morgan fingerprint density at radius 2 is 1.56 bits per heavy atom. The first-order valence-corrected chi connectivity index (χ1v) is 8.54. The molecule has 0 aliphatic heterocycles. The van der Waals surface area contributed by atoms with Crippen molar-refractivity contribution in [3.05, 3.63) is 87.9 Å². The summed E-state index contributed by atoms with van der Waals surface area (Å²) in [6.45, 7) is 0. The summed E-state index contributed by atoms with van der Waals surface area (Å²) in [5, 5.41) is 3.33. The van der Waals surface area contributed by atoms with E-state index in [-0.39, 0.29) is 10.6 Å². The molecule has 1 amide bonds. The van der Waals surface area contributed by atoms with Gasteiger partial charge in [0.1, 0.15) is 0 Å². The zero-order valence-electron chi connectivity index (χ0n) is 13.6. The Hall–Kier alpha value is -2.50. The summed E-state index contributed by atoms with van der Waals surface area (Å²) in [4.78, 5) is 12.3. The van der Waals surface area contributed by atoms with Crippen molar-refractivity contribution in [1.82, 2.24) is 0 Å². The van der Waals surface area contributed by atoms with Crippen molar-refractivity contribution < 1.29 is 18.0 Å². The van der Waals surface area contributed by atoms with Gasteiger partial charge in [-0.15, -0.1) is 0 Å². The van der Waals surface area contributed by atoms with E-state index in [0.717, 1.165) is 12.1 Å². The molecule has 3 rings (SSSR count). The average molecular weight is 410 g/mol. The number of anilines is 1. The molecule has 0 atom stereocenters. The molecule has 0 spiro atoms. The van der Waals surface area contributed by atoms with E-state index in [2.05, 4.69) is 5.32 Å². The molecule has 0 saturated heterocycles. The SMILES string of the molecule is O=C(Nc1ccc(-c2cccc(C(F)(F)F)c2)cc1)c1ccc(Cl)cc1Cl. The Morgan fingerprint density at radius 1 is 0.852 bits per heavy atom. The van der Waals surface area contributed by atoms with E-state index in [9.17, 15) is 18.0 Å². The van der Waals surface area contributed by atoms with Gasteiger partial charge in [-0.05, 0) is 53.6 Å². The second-order valence-electron chi connectivity index (χ2n) is 5.73. The van der Waals surface area contributed by atoms with Gasteiger partial charge in [-0.3, -0.25) is 4.79 Å². The van der Waals surface area contributed by atoms with Crippen LogP contribution in [0, 0.1) is 0 Å². The predicted octanol–water partition coefficient (Wildman–Crippen LogP) is 6.93. The number of amides is 1. The molecule has 27 heavy (non-hydrogen) atoms. The second kappa shape index (κ2) is 7.62. The monoisotopic (exact) mass is 409 g/mol. The van der Waals surface area contributed by atoms with Crippen LogP contribution in [0.15, 0.2) is 66.7 Å². The van der Waals surface area contributed by atoms with Crippen molar-refractivity contribution in [3.63, 3.8) is 0 Å². The van der Waals surface area contributed by atoms with Gasteiger partial charge in [0.15, 0.2) is 0 Å². The second-order valence-corrected chi connectivity index (χ2v) is 6.58. The quantitative estimate of drug-likeness (QED) is 0.498. The van der Waals surface area contributed by atoms with Crippen LogP contribution in [0.25, 0.3) is 11.1 Å². The Kier molecular flexibility index (Phi) is 5.44. The van der Waals surface area contributed by atoms with Crippen LogP contribution < -0.4 is 5.32 Å². The van der Waals surface area contributed by atoms with Crippen LogP contribution in [0.2, 0.25) is 10.0 Å². The fourth-order valence-electron chi connectivity index (χ4n) is 2.49. The van der Waals surface area contributed by atoms with Gasteiger partial charge in [0.05, 0.1) is 16.1 Å². The fraction of sp³-hybridized carbons (Fsp3) is 0.0500. The highest BCUT2D eigenvalue weighted by molar-refractivity contribution is 6.37. The van der Waals surface area contributed by atoms with Gasteiger partial charge in [0.25, 0.3) is 5.91 Å². The van der Waals surface area contributed by atoms with Gasteiger partial charge in [-0.2, -0.15) is 13.2 Å². The van der Waals surface area contributed by atoms with Crippen LogP contribution >= 0.6 is 23.2 Å². The zero-order valence-corrected chi connectivity index (χ0v) is 15.2. The largest absolute Gasteiger partial charge is 0.416 e. The molecule has 0 heterocycles. The average Bonchev–Trinajstić information content (AvgIpc) is 2.61. The summed E-state index contributed by atoms with van der Waals surface area (Å²) in [7, 11) is 0. The lowest BCUT2D eigenvalue weighted by molar-refractivity contribution is -0.137. The van der Waals surface area contributed by atoms with Crippen molar-refractivity contribution in [2.45, 2.75) is 6.18 Å². The highest BCUT2D eigenvalue weighted by Gasteiger charge is 2.30. The topological polar surface area (TPSA) is 29.1 Å². The summed E-state index contributed by atoms with van der Waals surface area (Å²) in [6.07, 6.45) is -4.40. The summed E-state index contributed by atoms with van der Waals surface area (Å²) >= 11 is 11.8. The number of halogens is 5. The zero-order chi connectivity index (χ0) is 19.6. The van der Waals surface area contributed by atoms with Gasteiger partial charge < -0.3 is 5.32 Å². The predicted molar refractivity (Wildman–Crippen MR) is 101 cm³/mol. The Bertz CT molecular complexity index is 985. The van der Waals surface area contributed by atoms with Gasteiger partial charge in [-0.25, -0.2) is 0 Å². The van der Waals surface area contributed by atoms with Crippen molar-refractivity contribution in [1.29, 1.82) is 0 Å². The molecule has 3 aromatic carbocycles. The van der Waals surface area contributed by atoms with Gasteiger partial charge in [0.2, 0.25) is 0 Å². The van der Waals surface area contributed by atoms with E-state index in [4.69, 9.17) is 23.2 Å². The molecule has 0 aliphatic rings. The minimum Gasteiger partial charge on any atom is -0.322 e. The Balaban J connectivity index is 1.79. The molecular weight excluding hydrogens is 398 g/mol. The van der Waals surface area contributed by atoms with E-state index < -0.39 is 17.6 Å². The Morgan fingerprint density at radius 3 is 2.19 bits per heavy atom. The first-order valence-electron chi connectivity index (χ1n) is 7.78. The van der Waals surface area contributed by atoms with Crippen LogP contribution in [0.1, 0.15) is 15.9 Å². The lowest BCUT2D eigenvalue weighted by atomic mass is 10.0. The van der Waals surface area contributed by atoms with E-state index >= 15 is 0 Å². The summed E-state index contributed by atoms with van der Waals surface area (Å²) in [5.41, 5.74) is 1.08. The summed E-state index contributed by atoms with van der Waals surface area (Å²) in [6, 6.07) is 16.1. The molecule has 0 aliphatic carbocycles. The fourth-order valence-corrected chi connectivity index (χ4v) is 2.99. The number of carbonyl (C=O) groups is 1. The highest BCUT2D eigenvalue weighted by Crippen LogP contribution is 2.32. The molecule has 0 bridgehead atoms. The minimum atomic E-state index is -4.40. The smallest absolute Gasteiger partial charge is 0.322 e. The van der Waals surface area contributed by atoms with Gasteiger partial charge in [-0.1, -0.05) is 47.5 Å². The highest BCUT2D eigenvalue weighted by atomic mass is 35.5. The normalized spacial score (nSPS) is 11.3. The number of rotatable bonds is 3. The number of benzene rings is 3. The number of alkyl halides is 3. The van der Waals surface area contributed by atoms with Gasteiger partial charge >= 0.3 is 6.18 Å². The third kappa shape index (κ3) is 4.62. The number of hydrogen-bond donors (Lipinski definition) is 1. The first kappa shape index (κ1) is 19.3.